The van der Waals surface area contributed by atoms with Crippen molar-refractivity contribution in [3.05, 3.63) is 0 Å². The van der Waals surface area contributed by atoms with Crippen molar-refractivity contribution in [1.29, 1.82) is 0 Å². The zero-order valence-corrected chi connectivity index (χ0v) is 12.3. The standard InChI is InChI=1S/C3H8S.3C2H5.Sn/c1-3(2)4;3*1-2;/h3-4H,1-2H3;3*1H2,2H3;/q;;;;+1/p-1. The Hall–Kier alpha value is 1.15. The topological polar surface area (TPSA) is 0 Å². The molecule has 0 unspecified atom stereocenters. The Kier molecular flexibility index (Phi) is 6.34. The van der Waals surface area contributed by atoms with E-state index in [1.807, 2.05) is 0 Å². The molecule has 0 fully saturated rings. The fourth-order valence-electron chi connectivity index (χ4n) is 1.50. The van der Waals surface area contributed by atoms with E-state index in [1.54, 1.807) is 0 Å². The Morgan fingerprint density at radius 3 is 1.45 bits per heavy atom. The second kappa shape index (κ2) is 5.74. The molecule has 0 nitrogen and oxygen atoms in total. The van der Waals surface area contributed by atoms with Gasteiger partial charge < -0.3 is 0 Å². The Labute approximate surface area is 78.9 Å². The van der Waals surface area contributed by atoms with E-state index in [1.165, 1.54) is 13.3 Å². The quantitative estimate of drug-likeness (QED) is 0.683. The van der Waals surface area contributed by atoms with Crippen LogP contribution in [0.1, 0.15) is 34.6 Å². The Bertz CT molecular complexity index is 89.5. The predicted octanol–water partition coefficient (Wildman–Crippen LogP) is 4.13. The molecule has 0 saturated heterocycles. The Morgan fingerprint density at radius 1 is 1.00 bits per heavy atom. The van der Waals surface area contributed by atoms with E-state index < -0.39 is 17.0 Å². The van der Waals surface area contributed by atoms with Crippen LogP contribution in [0.15, 0.2) is 0 Å². The van der Waals surface area contributed by atoms with E-state index in [9.17, 15) is 0 Å². The van der Waals surface area contributed by atoms with Crippen LogP contribution < -0.4 is 0 Å². The average Bonchev–Trinajstić information content (AvgIpc) is 2.00. The molecule has 0 aromatic heterocycles. The second-order valence-corrected chi connectivity index (χ2v) is 25.2. The van der Waals surface area contributed by atoms with Crippen molar-refractivity contribution in [2.45, 2.75) is 53.2 Å². The van der Waals surface area contributed by atoms with Crippen molar-refractivity contribution in [2.75, 3.05) is 0 Å². The van der Waals surface area contributed by atoms with Crippen molar-refractivity contribution in [3.8, 4) is 0 Å². The van der Waals surface area contributed by atoms with Crippen molar-refractivity contribution >= 4 is 25.9 Å². The van der Waals surface area contributed by atoms with Gasteiger partial charge in [0.05, 0.1) is 0 Å². The van der Waals surface area contributed by atoms with Crippen molar-refractivity contribution < 1.29 is 0 Å². The molecule has 0 rings (SSSR count). The van der Waals surface area contributed by atoms with Gasteiger partial charge in [0, 0.05) is 0 Å². The number of hydrogen-bond acceptors (Lipinski definition) is 1. The molecule has 2 heteroatoms. The minimum absolute atomic E-state index is 0.866. The first-order valence-corrected chi connectivity index (χ1v) is 15.2. The van der Waals surface area contributed by atoms with Crippen LogP contribution in [0.5, 0.6) is 0 Å². The normalized spacial score (nSPS) is 12.5. The van der Waals surface area contributed by atoms with Gasteiger partial charge in [-0.3, -0.25) is 0 Å². The van der Waals surface area contributed by atoms with Gasteiger partial charge >= 0.3 is 79.1 Å². The third-order valence-electron chi connectivity index (χ3n) is 2.42. The molecule has 0 N–H and O–H groups in total. The summed E-state index contributed by atoms with van der Waals surface area (Å²) in [5.41, 5.74) is 0. The van der Waals surface area contributed by atoms with E-state index in [-0.39, 0.29) is 0 Å². The van der Waals surface area contributed by atoms with E-state index in [2.05, 4.69) is 43.6 Å². The molecule has 0 spiro atoms. The molecule has 0 atom stereocenters. The van der Waals surface area contributed by atoms with Gasteiger partial charge in [-0.1, -0.05) is 0 Å². The SMILES string of the molecule is C[CH2][Sn]([CH2]C)([CH2]C)[S]C(C)C. The van der Waals surface area contributed by atoms with Gasteiger partial charge in [0.2, 0.25) is 0 Å². The molecular formula is C9H22SSn. The fraction of sp³-hybridized carbons (Fsp3) is 1.00. The summed E-state index contributed by atoms with van der Waals surface area (Å²) in [6, 6.07) is 0. The summed E-state index contributed by atoms with van der Waals surface area (Å²) in [7, 11) is 2.36. The van der Waals surface area contributed by atoms with Crippen molar-refractivity contribution in [2.24, 2.45) is 0 Å². The van der Waals surface area contributed by atoms with Crippen molar-refractivity contribution in [3.63, 3.8) is 0 Å². The van der Waals surface area contributed by atoms with Gasteiger partial charge in [0.25, 0.3) is 0 Å². The summed E-state index contributed by atoms with van der Waals surface area (Å²) in [5, 5.41) is 0.866. The molecular weight excluding hydrogens is 259 g/mol. The maximum absolute atomic E-state index is 2.40. The van der Waals surface area contributed by atoms with Crippen LogP contribution in [0.2, 0.25) is 13.3 Å². The molecule has 11 heavy (non-hydrogen) atoms. The minimum atomic E-state index is -1.59. The molecule has 0 aromatic rings. The van der Waals surface area contributed by atoms with Gasteiger partial charge in [-0.2, -0.15) is 0 Å². The third kappa shape index (κ3) is 4.07. The zero-order valence-electron chi connectivity index (χ0n) is 8.61. The molecule has 0 heterocycles. The molecule has 0 bridgehead atoms. The summed E-state index contributed by atoms with van der Waals surface area (Å²) in [5.74, 6) is 0. The van der Waals surface area contributed by atoms with Crippen LogP contribution in [0.4, 0.5) is 0 Å². The average molecular weight is 281 g/mol. The van der Waals surface area contributed by atoms with Crippen LogP contribution in [0, 0.1) is 0 Å². The first-order chi connectivity index (χ1) is 5.10. The summed E-state index contributed by atoms with van der Waals surface area (Å²) in [4.78, 5) is 0. The Balaban J connectivity index is 4.05. The van der Waals surface area contributed by atoms with Crippen LogP contribution in [-0.4, -0.2) is 22.2 Å². The zero-order chi connectivity index (χ0) is 8.91. The second-order valence-electron chi connectivity index (χ2n) is 3.41. The number of rotatable bonds is 5. The van der Waals surface area contributed by atoms with Crippen LogP contribution in [-0.2, 0) is 0 Å². The fourth-order valence-corrected chi connectivity index (χ4v) is 20.1. The number of hydrogen-bond donors (Lipinski definition) is 0. The van der Waals surface area contributed by atoms with Crippen LogP contribution in [0.25, 0.3) is 0 Å². The molecule has 0 radical (unpaired) electrons. The first kappa shape index (κ1) is 12.1. The summed E-state index contributed by atoms with van der Waals surface area (Å²) < 4.78 is 4.56. The third-order valence-corrected chi connectivity index (χ3v) is 28.6. The van der Waals surface area contributed by atoms with Gasteiger partial charge in [-0.15, -0.1) is 0 Å². The van der Waals surface area contributed by atoms with Crippen LogP contribution in [0.3, 0.4) is 0 Å². The molecule has 68 valence electrons. The summed E-state index contributed by atoms with van der Waals surface area (Å²) in [6.07, 6.45) is 0. The van der Waals surface area contributed by atoms with Gasteiger partial charge in [-0.05, 0) is 0 Å². The van der Waals surface area contributed by atoms with Gasteiger partial charge in [0.1, 0.15) is 0 Å². The van der Waals surface area contributed by atoms with E-state index in [0.717, 1.165) is 5.25 Å². The summed E-state index contributed by atoms with van der Waals surface area (Å²) in [6.45, 7) is 11.9. The first-order valence-electron chi connectivity index (χ1n) is 4.78. The van der Waals surface area contributed by atoms with E-state index >= 15 is 0 Å². The van der Waals surface area contributed by atoms with Crippen LogP contribution >= 0.6 is 8.95 Å². The monoisotopic (exact) mass is 282 g/mol. The van der Waals surface area contributed by atoms with E-state index in [0.29, 0.717) is 0 Å². The van der Waals surface area contributed by atoms with E-state index in [4.69, 9.17) is 0 Å². The predicted molar refractivity (Wildman–Crippen MR) is 59.9 cm³/mol. The maximum atomic E-state index is 2.40. The molecule has 0 aliphatic carbocycles. The molecule has 0 aromatic carbocycles. The van der Waals surface area contributed by atoms with Crippen molar-refractivity contribution in [1.82, 2.24) is 0 Å². The Morgan fingerprint density at radius 2 is 1.36 bits per heavy atom. The molecule has 0 aliphatic rings. The van der Waals surface area contributed by atoms with Gasteiger partial charge in [0.15, 0.2) is 0 Å². The summed E-state index contributed by atoms with van der Waals surface area (Å²) >= 11 is -1.59. The molecule has 0 saturated carbocycles. The molecule has 0 amide bonds. The van der Waals surface area contributed by atoms with Gasteiger partial charge in [-0.25, -0.2) is 0 Å². The molecule has 0 aliphatic heterocycles.